The van der Waals surface area contributed by atoms with Crippen LogP contribution in [0.5, 0.6) is 0 Å². The van der Waals surface area contributed by atoms with E-state index in [4.69, 9.17) is 44.3 Å². The zero-order valence-electron chi connectivity index (χ0n) is 15.7. The first-order valence-electron chi connectivity index (χ1n) is 8.37. The largest absolute Gasteiger partial charge is 0.460 e. The van der Waals surface area contributed by atoms with Crippen LogP contribution in [0.2, 0.25) is 15.1 Å². The summed E-state index contributed by atoms with van der Waals surface area (Å²) >= 11 is 17.8. The molecule has 8 heteroatoms. The van der Waals surface area contributed by atoms with Crippen LogP contribution in [0.15, 0.2) is 12.1 Å². The van der Waals surface area contributed by atoms with Gasteiger partial charge in [-0.2, -0.15) is 0 Å². The third-order valence-corrected chi connectivity index (χ3v) is 5.46. The van der Waals surface area contributed by atoms with Gasteiger partial charge in [-0.05, 0) is 44.7 Å². The van der Waals surface area contributed by atoms with Crippen molar-refractivity contribution in [2.45, 2.75) is 46.6 Å². The molecule has 0 heterocycles. The van der Waals surface area contributed by atoms with Gasteiger partial charge in [0.15, 0.2) is 0 Å². The number of ether oxygens (including phenoxy) is 2. The first-order chi connectivity index (χ1) is 12.2. The molecule has 0 radical (unpaired) electrons. The monoisotopic (exact) mass is 434 g/mol. The van der Waals surface area contributed by atoms with Crippen LogP contribution in [0.25, 0.3) is 0 Å². The van der Waals surface area contributed by atoms with Gasteiger partial charge in [-0.1, -0.05) is 48.7 Å². The normalized spacial score (nSPS) is 21.2. The first kappa shape index (κ1) is 22.0. The minimum atomic E-state index is -0.955. The van der Waals surface area contributed by atoms with Crippen LogP contribution in [-0.2, 0) is 19.1 Å². The molecule has 1 aliphatic carbocycles. The highest BCUT2D eigenvalue weighted by Crippen LogP contribution is 2.52. The van der Waals surface area contributed by atoms with Gasteiger partial charge in [0.1, 0.15) is 5.60 Å². The van der Waals surface area contributed by atoms with Gasteiger partial charge in [-0.25, -0.2) is 4.79 Å². The number of carbonyl (C=O) groups is 3. The Bertz CT molecular complexity index is 772. The molecule has 5 nitrogen and oxygen atoms in total. The summed E-state index contributed by atoms with van der Waals surface area (Å²) in [6, 6.07) is 2.67. The zero-order chi connectivity index (χ0) is 20.7. The Balaban J connectivity index is 2.08. The van der Waals surface area contributed by atoms with Crippen molar-refractivity contribution >= 4 is 52.7 Å². The van der Waals surface area contributed by atoms with Crippen LogP contribution in [0.4, 0.5) is 0 Å². The maximum atomic E-state index is 12.5. The van der Waals surface area contributed by atoms with Gasteiger partial charge in [0.2, 0.25) is 0 Å². The van der Waals surface area contributed by atoms with E-state index in [1.165, 1.54) is 12.1 Å². The van der Waals surface area contributed by atoms with Crippen molar-refractivity contribution in [1.29, 1.82) is 0 Å². The maximum absolute atomic E-state index is 12.5. The van der Waals surface area contributed by atoms with Crippen molar-refractivity contribution in [1.82, 2.24) is 0 Å². The highest BCUT2D eigenvalue weighted by molar-refractivity contribution is 6.42. The quantitative estimate of drug-likeness (QED) is 0.474. The fourth-order valence-electron chi connectivity index (χ4n) is 3.05. The Kier molecular flexibility index (Phi) is 6.20. The third kappa shape index (κ3) is 4.76. The molecule has 1 aromatic carbocycles. The van der Waals surface area contributed by atoms with Crippen LogP contribution in [0, 0.1) is 17.3 Å². The van der Waals surface area contributed by atoms with Gasteiger partial charge in [0, 0.05) is 5.02 Å². The van der Waals surface area contributed by atoms with E-state index in [2.05, 4.69) is 0 Å². The fraction of sp³-hybridized carbons (Fsp3) is 0.526. The molecule has 0 saturated heterocycles. The number of halogens is 3. The van der Waals surface area contributed by atoms with E-state index in [0.29, 0.717) is 0 Å². The molecule has 0 N–H and O–H groups in total. The van der Waals surface area contributed by atoms with Crippen LogP contribution >= 0.6 is 34.8 Å². The summed E-state index contributed by atoms with van der Waals surface area (Å²) in [7, 11) is 0. The van der Waals surface area contributed by atoms with Crippen molar-refractivity contribution in [3.63, 3.8) is 0 Å². The Labute approximate surface area is 173 Å². The average Bonchev–Trinajstić information content (AvgIpc) is 2.42. The van der Waals surface area contributed by atoms with Crippen molar-refractivity contribution < 1.29 is 23.9 Å². The van der Waals surface area contributed by atoms with E-state index in [0.717, 1.165) is 0 Å². The molecule has 1 fully saturated rings. The molecule has 0 aliphatic heterocycles. The second-order valence-electron chi connectivity index (χ2n) is 8.15. The number of carbonyl (C=O) groups excluding carboxylic acids is 3. The lowest BCUT2D eigenvalue weighted by Gasteiger charge is -2.49. The van der Waals surface area contributed by atoms with Gasteiger partial charge in [0.05, 0.1) is 27.4 Å². The molecule has 27 heavy (non-hydrogen) atoms. The van der Waals surface area contributed by atoms with E-state index in [1.807, 2.05) is 0 Å². The molecule has 1 aliphatic rings. The standard InChI is InChI=1S/C19H21Cl3O5/c1-18(2,3)27-16(24)11-8-10(19(11,4)5)15(23)26-17(25)14-12(21)6-9(20)7-13(14)22/h6-7,10-11H,8H2,1-5H3/t10-,11+/m0/s1. The SMILES string of the molecule is CC(C)(C)OC(=O)[C@H]1C[C@@H](C(=O)OC(=O)c2c(Cl)cc(Cl)cc2Cl)C1(C)C. The lowest BCUT2D eigenvalue weighted by atomic mass is 9.54. The summed E-state index contributed by atoms with van der Waals surface area (Å²) < 4.78 is 10.4. The van der Waals surface area contributed by atoms with Gasteiger partial charge in [0.25, 0.3) is 0 Å². The second kappa shape index (κ2) is 7.61. The van der Waals surface area contributed by atoms with Gasteiger partial charge in [-0.3, -0.25) is 9.59 Å². The van der Waals surface area contributed by atoms with Crippen LogP contribution in [0.1, 0.15) is 51.4 Å². The van der Waals surface area contributed by atoms with Crippen molar-refractivity contribution in [2.75, 3.05) is 0 Å². The Morgan fingerprint density at radius 2 is 1.48 bits per heavy atom. The second-order valence-corrected chi connectivity index (χ2v) is 9.40. The number of hydrogen-bond donors (Lipinski definition) is 0. The van der Waals surface area contributed by atoms with E-state index < -0.39 is 34.8 Å². The fourth-order valence-corrected chi connectivity index (χ4v) is 4.02. The van der Waals surface area contributed by atoms with E-state index in [1.54, 1.807) is 34.6 Å². The minimum absolute atomic E-state index is 0.00944. The summed E-state index contributed by atoms with van der Waals surface area (Å²) in [5.41, 5.74) is -1.44. The molecule has 1 saturated carbocycles. The smallest absolute Gasteiger partial charge is 0.348 e. The Hall–Kier alpha value is -1.30. The summed E-state index contributed by atoms with van der Waals surface area (Å²) in [6.07, 6.45) is 0.246. The summed E-state index contributed by atoms with van der Waals surface area (Å²) in [4.78, 5) is 37.1. The summed E-state index contributed by atoms with van der Waals surface area (Å²) in [5, 5.41) is 0.239. The Morgan fingerprint density at radius 1 is 1.00 bits per heavy atom. The minimum Gasteiger partial charge on any atom is -0.460 e. The molecule has 2 rings (SSSR count). The number of benzene rings is 1. The molecule has 1 aromatic rings. The lowest BCUT2D eigenvalue weighted by molar-refractivity contribution is -0.183. The molecule has 0 spiro atoms. The van der Waals surface area contributed by atoms with E-state index >= 15 is 0 Å². The average molecular weight is 436 g/mol. The maximum Gasteiger partial charge on any atom is 0.348 e. The van der Waals surface area contributed by atoms with Gasteiger partial charge in [-0.15, -0.1) is 0 Å². The molecular weight excluding hydrogens is 415 g/mol. The van der Waals surface area contributed by atoms with Crippen molar-refractivity contribution in [2.24, 2.45) is 17.3 Å². The van der Waals surface area contributed by atoms with Gasteiger partial charge >= 0.3 is 17.9 Å². The molecule has 0 aromatic heterocycles. The van der Waals surface area contributed by atoms with Crippen molar-refractivity contribution in [3.05, 3.63) is 32.8 Å². The van der Waals surface area contributed by atoms with E-state index in [-0.39, 0.29) is 33.0 Å². The molecule has 0 bridgehead atoms. The van der Waals surface area contributed by atoms with Crippen molar-refractivity contribution in [3.8, 4) is 0 Å². The first-order valence-corrected chi connectivity index (χ1v) is 9.51. The van der Waals surface area contributed by atoms with Gasteiger partial charge < -0.3 is 9.47 Å². The third-order valence-electron chi connectivity index (χ3n) is 4.65. The molecular formula is C19H21Cl3O5. The van der Waals surface area contributed by atoms with Crippen LogP contribution < -0.4 is 0 Å². The van der Waals surface area contributed by atoms with Crippen LogP contribution in [-0.4, -0.2) is 23.5 Å². The molecule has 148 valence electrons. The predicted molar refractivity (Wildman–Crippen MR) is 103 cm³/mol. The number of hydrogen-bond acceptors (Lipinski definition) is 5. The van der Waals surface area contributed by atoms with E-state index in [9.17, 15) is 14.4 Å². The lowest BCUT2D eigenvalue weighted by Crippen LogP contribution is -2.54. The highest BCUT2D eigenvalue weighted by atomic mass is 35.5. The zero-order valence-corrected chi connectivity index (χ0v) is 18.0. The topological polar surface area (TPSA) is 69.7 Å². The summed E-state index contributed by atoms with van der Waals surface area (Å²) in [6.45, 7) is 8.87. The Morgan fingerprint density at radius 3 is 1.93 bits per heavy atom. The number of esters is 3. The summed E-state index contributed by atoms with van der Waals surface area (Å²) in [5.74, 6) is -3.13. The molecule has 0 unspecified atom stereocenters. The highest BCUT2D eigenvalue weighted by Gasteiger charge is 2.57. The van der Waals surface area contributed by atoms with Crippen LogP contribution in [0.3, 0.4) is 0 Å². The number of rotatable bonds is 3. The molecule has 0 amide bonds. The predicted octanol–water partition coefficient (Wildman–Crippen LogP) is 5.33. The molecule has 2 atom stereocenters.